The normalized spacial score (nSPS) is 13.4. The van der Waals surface area contributed by atoms with Gasteiger partial charge in [0.05, 0.1) is 6.54 Å². The lowest BCUT2D eigenvalue weighted by Gasteiger charge is -2.18. The second-order valence-corrected chi connectivity index (χ2v) is 4.65. The molecule has 7 heteroatoms. The molecule has 0 bridgehead atoms. The molecule has 0 aliphatic heterocycles. The fourth-order valence-corrected chi connectivity index (χ4v) is 1.29. The Morgan fingerprint density at radius 3 is 2.26 bits per heavy atom. The van der Waals surface area contributed by atoms with E-state index in [2.05, 4.69) is 10.6 Å². The Morgan fingerprint density at radius 2 is 1.74 bits per heavy atom. The predicted octanol–water partition coefficient (Wildman–Crippen LogP) is -0.365. The van der Waals surface area contributed by atoms with Gasteiger partial charge in [-0.25, -0.2) is 4.79 Å². The summed E-state index contributed by atoms with van der Waals surface area (Å²) >= 11 is 0. The van der Waals surface area contributed by atoms with Crippen LogP contribution in [0.25, 0.3) is 0 Å². The van der Waals surface area contributed by atoms with Crippen molar-refractivity contribution in [3.05, 3.63) is 0 Å². The second kappa shape index (κ2) is 8.47. The first-order valence-corrected chi connectivity index (χ1v) is 6.22. The van der Waals surface area contributed by atoms with E-state index < -0.39 is 11.6 Å². The van der Waals surface area contributed by atoms with Crippen molar-refractivity contribution in [1.29, 1.82) is 0 Å². The number of hydrogen-bond donors (Lipinski definition) is 4. The summed E-state index contributed by atoms with van der Waals surface area (Å²) in [5.74, 6) is -1.74. The number of amides is 2. The van der Waals surface area contributed by atoms with Crippen LogP contribution in [0.5, 0.6) is 0 Å². The van der Waals surface area contributed by atoms with E-state index in [1.54, 1.807) is 0 Å². The Bertz CT molecular complexity index is 328. The van der Waals surface area contributed by atoms with Crippen molar-refractivity contribution in [2.75, 3.05) is 13.1 Å². The van der Waals surface area contributed by atoms with E-state index in [9.17, 15) is 19.5 Å². The molecule has 0 heterocycles. The molecule has 19 heavy (non-hydrogen) atoms. The molecule has 0 radical (unpaired) electrons. The predicted molar refractivity (Wildman–Crippen MR) is 68.4 cm³/mol. The van der Waals surface area contributed by atoms with Gasteiger partial charge in [-0.2, -0.15) is 0 Å². The lowest BCUT2D eigenvalue weighted by Crippen LogP contribution is -2.46. The Hall–Kier alpha value is -1.63. The van der Waals surface area contributed by atoms with Crippen LogP contribution in [0.4, 0.5) is 0 Å². The van der Waals surface area contributed by atoms with Gasteiger partial charge in [-0.15, -0.1) is 0 Å². The van der Waals surface area contributed by atoms with Gasteiger partial charge in [0.25, 0.3) is 0 Å². The lowest BCUT2D eigenvalue weighted by molar-refractivity contribution is -0.156. The van der Waals surface area contributed by atoms with Crippen LogP contribution < -0.4 is 10.6 Å². The first kappa shape index (κ1) is 17.4. The topological polar surface area (TPSA) is 116 Å². The third-order valence-corrected chi connectivity index (χ3v) is 2.55. The maximum Gasteiger partial charge on any atom is 0.337 e. The van der Waals surface area contributed by atoms with E-state index in [4.69, 9.17) is 5.11 Å². The molecule has 2 amide bonds. The number of carbonyl (C=O) groups excluding carboxylic acids is 2. The maximum atomic E-state index is 11.4. The van der Waals surface area contributed by atoms with Crippen LogP contribution >= 0.6 is 0 Å². The number of carboxylic acids is 1. The number of hydrogen-bond acceptors (Lipinski definition) is 4. The van der Waals surface area contributed by atoms with Crippen molar-refractivity contribution in [3.63, 3.8) is 0 Å². The minimum atomic E-state index is -1.94. The van der Waals surface area contributed by atoms with Gasteiger partial charge in [0.15, 0.2) is 5.60 Å². The number of carbonyl (C=O) groups is 3. The van der Waals surface area contributed by atoms with Crippen LogP contribution in [0.15, 0.2) is 0 Å². The van der Waals surface area contributed by atoms with Crippen molar-refractivity contribution in [3.8, 4) is 0 Å². The second-order valence-electron chi connectivity index (χ2n) is 4.65. The number of unbranched alkanes of at least 4 members (excludes halogenated alkanes) is 2. The van der Waals surface area contributed by atoms with Crippen molar-refractivity contribution < 1.29 is 24.6 Å². The molecule has 0 aromatic heterocycles. The van der Waals surface area contributed by atoms with E-state index in [-0.39, 0.29) is 24.8 Å². The van der Waals surface area contributed by atoms with Gasteiger partial charge < -0.3 is 20.8 Å². The van der Waals surface area contributed by atoms with Gasteiger partial charge in [0.2, 0.25) is 11.8 Å². The summed E-state index contributed by atoms with van der Waals surface area (Å²) in [6.07, 6.45) is 2.51. The van der Waals surface area contributed by atoms with E-state index in [1.165, 1.54) is 6.92 Å². The Kier molecular flexibility index (Phi) is 7.74. The van der Waals surface area contributed by atoms with Gasteiger partial charge in [-0.05, 0) is 19.8 Å². The van der Waals surface area contributed by atoms with Gasteiger partial charge >= 0.3 is 5.97 Å². The smallest absolute Gasteiger partial charge is 0.337 e. The van der Waals surface area contributed by atoms with Crippen LogP contribution in [0.2, 0.25) is 0 Å². The first-order chi connectivity index (χ1) is 8.75. The molecule has 0 aliphatic rings. The standard InChI is InChI=1S/C12H22N2O5/c1-9(15)13-7-5-3-4-6-10(16)14-8-12(2,19)11(17)18/h19H,3-8H2,1-2H3,(H,13,15)(H,14,16)(H,17,18). The number of aliphatic hydroxyl groups is 1. The highest BCUT2D eigenvalue weighted by Crippen LogP contribution is 2.02. The number of carboxylic acid groups (broad SMARTS) is 1. The molecular formula is C12H22N2O5. The molecular weight excluding hydrogens is 252 g/mol. The molecule has 0 aromatic rings. The van der Waals surface area contributed by atoms with Gasteiger partial charge in [-0.1, -0.05) is 6.42 Å². The molecule has 110 valence electrons. The van der Waals surface area contributed by atoms with Gasteiger partial charge in [0.1, 0.15) is 0 Å². The third kappa shape index (κ3) is 9.01. The van der Waals surface area contributed by atoms with Crippen molar-refractivity contribution in [2.24, 2.45) is 0 Å². The van der Waals surface area contributed by atoms with Crippen LogP contribution in [-0.4, -0.2) is 46.7 Å². The van der Waals surface area contributed by atoms with Crippen LogP contribution in [0.1, 0.15) is 39.5 Å². The Labute approximate surface area is 112 Å². The van der Waals surface area contributed by atoms with Crippen LogP contribution in [0, 0.1) is 0 Å². The van der Waals surface area contributed by atoms with Crippen molar-refractivity contribution in [1.82, 2.24) is 10.6 Å². The molecule has 0 rings (SSSR count). The molecule has 7 nitrogen and oxygen atoms in total. The monoisotopic (exact) mass is 274 g/mol. The highest BCUT2D eigenvalue weighted by Gasteiger charge is 2.29. The molecule has 0 spiro atoms. The van der Waals surface area contributed by atoms with E-state index in [1.807, 2.05) is 0 Å². The fraction of sp³-hybridized carbons (Fsp3) is 0.750. The summed E-state index contributed by atoms with van der Waals surface area (Å²) in [7, 11) is 0. The average Bonchev–Trinajstić information content (AvgIpc) is 2.30. The zero-order chi connectivity index (χ0) is 14.9. The molecule has 1 atom stereocenters. The zero-order valence-electron chi connectivity index (χ0n) is 11.4. The third-order valence-electron chi connectivity index (χ3n) is 2.55. The number of rotatable bonds is 9. The summed E-state index contributed by atoms with van der Waals surface area (Å²) in [6.45, 7) is 2.85. The molecule has 1 unspecified atom stereocenters. The molecule has 0 saturated carbocycles. The van der Waals surface area contributed by atoms with E-state index in [0.717, 1.165) is 19.8 Å². The van der Waals surface area contributed by atoms with Crippen molar-refractivity contribution >= 4 is 17.8 Å². The summed E-state index contributed by atoms with van der Waals surface area (Å²) in [5, 5.41) is 23.0. The first-order valence-electron chi connectivity index (χ1n) is 6.22. The fourth-order valence-electron chi connectivity index (χ4n) is 1.29. The highest BCUT2D eigenvalue weighted by atomic mass is 16.4. The molecule has 0 aromatic carbocycles. The van der Waals surface area contributed by atoms with Crippen LogP contribution in [-0.2, 0) is 14.4 Å². The number of aliphatic carboxylic acids is 1. The minimum absolute atomic E-state index is 0.0753. The van der Waals surface area contributed by atoms with E-state index >= 15 is 0 Å². The van der Waals surface area contributed by atoms with Crippen LogP contribution in [0.3, 0.4) is 0 Å². The lowest BCUT2D eigenvalue weighted by atomic mass is 10.1. The number of nitrogens with one attached hydrogen (secondary N) is 2. The Balaban J connectivity index is 3.60. The molecule has 4 N–H and O–H groups in total. The zero-order valence-corrected chi connectivity index (χ0v) is 11.4. The molecule has 0 saturated heterocycles. The average molecular weight is 274 g/mol. The largest absolute Gasteiger partial charge is 0.479 e. The maximum absolute atomic E-state index is 11.4. The Morgan fingerprint density at radius 1 is 1.11 bits per heavy atom. The summed E-state index contributed by atoms with van der Waals surface area (Å²) in [5.41, 5.74) is -1.94. The summed E-state index contributed by atoms with van der Waals surface area (Å²) < 4.78 is 0. The summed E-state index contributed by atoms with van der Waals surface area (Å²) in [6, 6.07) is 0. The SMILES string of the molecule is CC(=O)NCCCCCC(=O)NCC(C)(O)C(=O)O. The summed E-state index contributed by atoms with van der Waals surface area (Å²) in [4.78, 5) is 32.5. The van der Waals surface area contributed by atoms with E-state index in [0.29, 0.717) is 13.0 Å². The van der Waals surface area contributed by atoms with Gasteiger partial charge in [-0.3, -0.25) is 9.59 Å². The highest BCUT2D eigenvalue weighted by molar-refractivity contribution is 5.80. The quantitative estimate of drug-likeness (QED) is 0.428. The molecule has 0 aliphatic carbocycles. The van der Waals surface area contributed by atoms with Crippen molar-refractivity contribution in [2.45, 2.75) is 45.1 Å². The molecule has 0 fully saturated rings. The van der Waals surface area contributed by atoms with Gasteiger partial charge in [0, 0.05) is 19.9 Å². The minimum Gasteiger partial charge on any atom is -0.479 e.